The third kappa shape index (κ3) is 4.62. The van der Waals surface area contributed by atoms with Crippen LogP contribution in [0.15, 0.2) is 42.5 Å². The number of nitrogens with zero attached hydrogens (tertiary/aromatic N) is 2. The van der Waals surface area contributed by atoms with Gasteiger partial charge in [-0.3, -0.25) is 9.69 Å². The fourth-order valence-corrected chi connectivity index (χ4v) is 4.08. The number of rotatable bonds is 4. The molecule has 2 atom stereocenters. The summed E-state index contributed by atoms with van der Waals surface area (Å²) in [6.45, 7) is 3.30. The molecule has 32 heavy (non-hydrogen) atoms. The molecule has 8 nitrogen and oxygen atoms in total. The van der Waals surface area contributed by atoms with Gasteiger partial charge in [0.25, 0.3) is 0 Å². The highest BCUT2D eigenvalue weighted by Gasteiger charge is 2.38. The highest BCUT2D eigenvalue weighted by Crippen LogP contribution is 2.27. The number of nitrogens with one attached hydrogen (secondary N) is 3. The van der Waals surface area contributed by atoms with Gasteiger partial charge in [-0.2, -0.15) is 0 Å². The van der Waals surface area contributed by atoms with Crippen molar-refractivity contribution in [1.82, 2.24) is 10.2 Å². The zero-order valence-corrected chi connectivity index (χ0v) is 18.2. The molecule has 0 aromatic heterocycles. The van der Waals surface area contributed by atoms with E-state index in [4.69, 9.17) is 11.6 Å². The highest BCUT2D eigenvalue weighted by molar-refractivity contribution is 6.30. The van der Waals surface area contributed by atoms with Crippen molar-refractivity contribution in [3.8, 4) is 0 Å². The van der Waals surface area contributed by atoms with Gasteiger partial charge >= 0.3 is 12.1 Å². The van der Waals surface area contributed by atoms with E-state index in [2.05, 4.69) is 16.0 Å². The smallest absolute Gasteiger partial charge is 0.322 e. The first-order valence-corrected chi connectivity index (χ1v) is 10.7. The molecule has 4 rings (SSSR count). The molecule has 2 aromatic rings. The van der Waals surface area contributed by atoms with Crippen molar-refractivity contribution in [3.05, 3.63) is 53.3 Å². The Kier molecular flexibility index (Phi) is 6.18. The maximum atomic E-state index is 14.7. The van der Waals surface area contributed by atoms with Crippen LogP contribution in [0.1, 0.15) is 13.3 Å². The number of amides is 5. The molecule has 2 aliphatic rings. The number of carbonyl (C=O) groups excluding carboxylic acids is 3. The quantitative estimate of drug-likeness (QED) is 0.647. The summed E-state index contributed by atoms with van der Waals surface area (Å²) in [7, 11) is 0. The molecule has 0 saturated carbocycles. The first kappa shape index (κ1) is 21.9. The van der Waals surface area contributed by atoms with Crippen molar-refractivity contribution < 1.29 is 18.8 Å². The maximum Gasteiger partial charge on any atom is 0.322 e. The minimum atomic E-state index is -0.735. The molecule has 10 heteroatoms. The van der Waals surface area contributed by atoms with Crippen molar-refractivity contribution in [3.63, 3.8) is 0 Å². The molecule has 2 aliphatic heterocycles. The second kappa shape index (κ2) is 9.04. The summed E-state index contributed by atoms with van der Waals surface area (Å²) < 4.78 is 14.7. The average Bonchev–Trinajstić information content (AvgIpc) is 3.37. The summed E-state index contributed by atoms with van der Waals surface area (Å²) in [6.07, 6.45) is 0.466. The molecule has 2 fully saturated rings. The second-order valence-corrected chi connectivity index (χ2v) is 8.42. The van der Waals surface area contributed by atoms with Crippen molar-refractivity contribution in [2.24, 2.45) is 5.92 Å². The van der Waals surface area contributed by atoms with Gasteiger partial charge in [-0.1, -0.05) is 18.5 Å². The van der Waals surface area contributed by atoms with Gasteiger partial charge < -0.3 is 20.9 Å². The van der Waals surface area contributed by atoms with Gasteiger partial charge in [0, 0.05) is 36.0 Å². The summed E-state index contributed by atoms with van der Waals surface area (Å²) in [5, 5.41) is 8.56. The summed E-state index contributed by atoms with van der Waals surface area (Å²) >= 11 is 5.87. The Hall–Kier alpha value is -3.33. The summed E-state index contributed by atoms with van der Waals surface area (Å²) in [5.41, 5.74) is 0.968. The van der Waals surface area contributed by atoms with Crippen LogP contribution < -0.4 is 20.9 Å². The monoisotopic (exact) mass is 459 g/mol. The Labute approximate surface area is 189 Å². The largest absolute Gasteiger partial charge is 0.336 e. The van der Waals surface area contributed by atoms with Crippen LogP contribution in [-0.2, 0) is 4.79 Å². The average molecular weight is 460 g/mol. The highest BCUT2D eigenvalue weighted by atomic mass is 35.5. The third-order valence-electron chi connectivity index (χ3n) is 5.55. The lowest BCUT2D eigenvalue weighted by atomic mass is 10.1. The van der Waals surface area contributed by atoms with Crippen LogP contribution in [0.5, 0.6) is 0 Å². The van der Waals surface area contributed by atoms with Crippen molar-refractivity contribution >= 4 is 46.6 Å². The van der Waals surface area contributed by atoms with Crippen LogP contribution in [0, 0.1) is 11.7 Å². The Balaban J connectivity index is 1.44. The van der Waals surface area contributed by atoms with Gasteiger partial charge in [-0.25, -0.2) is 14.0 Å². The molecule has 0 bridgehead atoms. The second-order valence-electron chi connectivity index (χ2n) is 7.98. The topological polar surface area (TPSA) is 93.8 Å². The number of anilines is 3. The van der Waals surface area contributed by atoms with E-state index in [9.17, 15) is 18.8 Å². The number of urea groups is 2. The summed E-state index contributed by atoms with van der Waals surface area (Å²) in [5.74, 6) is -1.01. The number of benzene rings is 2. The van der Waals surface area contributed by atoms with Gasteiger partial charge in [-0.05, 0) is 54.8 Å². The standard InChI is InChI=1S/C22H23ClFN5O3/c1-13-10-19(29(12-13)22(32)26-15-4-2-14(23)3-5-15)20(30)27-18-7-6-16(11-17(18)24)28-9-8-25-21(28)31/h2-7,11,13,19H,8-10,12H2,1H3,(H,25,31)(H,26,32)(H,27,30). The Morgan fingerprint density at radius 2 is 1.91 bits per heavy atom. The van der Waals surface area contributed by atoms with E-state index in [1.807, 2.05) is 6.92 Å². The lowest BCUT2D eigenvalue weighted by Crippen LogP contribution is -2.45. The number of halogens is 2. The lowest BCUT2D eigenvalue weighted by Gasteiger charge is -2.24. The normalized spacial score (nSPS) is 20.3. The molecular weight excluding hydrogens is 437 g/mol. The maximum absolute atomic E-state index is 14.7. The Morgan fingerprint density at radius 3 is 2.56 bits per heavy atom. The van der Waals surface area contributed by atoms with Crippen LogP contribution in [0.2, 0.25) is 5.02 Å². The minimum absolute atomic E-state index is 0.00373. The summed E-state index contributed by atoms with van der Waals surface area (Å²) in [6, 6.07) is 9.44. The van der Waals surface area contributed by atoms with E-state index in [0.29, 0.717) is 42.5 Å². The lowest BCUT2D eigenvalue weighted by molar-refractivity contribution is -0.119. The van der Waals surface area contributed by atoms with Crippen LogP contribution in [0.25, 0.3) is 0 Å². The molecule has 168 valence electrons. The van der Waals surface area contributed by atoms with Crippen molar-refractivity contribution in [1.29, 1.82) is 0 Å². The van der Waals surface area contributed by atoms with Crippen molar-refractivity contribution in [2.75, 3.05) is 35.2 Å². The SMILES string of the molecule is CC1CC(C(=O)Nc2ccc(N3CCNC3=O)cc2F)N(C(=O)Nc2ccc(Cl)cc2)C1. The minimum Gasteiger partial charge on any atom is -0.336 e. The van der Waals surface area contributed by atoms with E-state index in [1.165, 1.54) is 21.9 Å². The van der Waals surface area contributed by atoms with E-state index >= 15 is 0 Å². The summed E-state index contributed by atoms with van der Waals surface area (Å²) in [4.78, 5) is 40.4. The third-order valence-corrected chi connectivity index (χ3v) is 5.80. The molecule has 3 N–H and O–H groups in total. The molecule has 2 aromatic carbocycles. The first-order valence-electron chi connectivity index (χ1n) is 10.3. The molecular formula is C22H23ClFN5O3. The van der Waals surface area contributed by atoms with Gasteiger partial charge in [0.15, 0.2) is 0 Å². The van der Waals surface area contributed by atoms with Crippen LogP contribution >= 0.6 is 11.6 Å². The first-order chi connectivity index (χ1) is 15.3. The zero-order valence-electron chi connectivity index (χ0n) is 17.4. The molecule has 0 radical (unpaired) electrons. The predicted molar refractivity (Wildman–Crippen MR) is 121 cm³/mol. The molecule has 2 heterocycles. The van der Waals surface area contributed by atoms with E-state index in [-0.39, 0.29) is 17.6 Å². The molecule has 0 aliphatic carbocycles. The van der Waals surface area contributed by atoms with Gasteiger partial charge in [-0.15, -0.1) is 0 Å². The van der Waals surface area contributed by atoms with Crippen LogP contribution in [-0.4, -0.2) is 48.5 Å². The fraction of sp³-hybridized carbons (Fsp3) is 0.318. The number of likely N-dealkylation sites (tertiary alicyclic amines) is 1. The zero-order chi connectivity index (χ0) is 22.8. The number of carbonyl (C=O) groups is 3. The molecule has 2 unspecified atom stereocenters. The number of hydrogen-bond acceptors (Lipinski definition) is 3. The Morgan fingerprint density at radius 1 is 1.16 bits per heavy atom. The van der Waals surface area contributed by atoms with Gasteiger partial charge in [0.05, 0.1) is 5.69 Å². The fourth-order valence-electron chi connectivity index (χ4n) is 3.95. The molecule has 2 saturated heterocycles. The van der Waals surface area contributed by atoms with E-state index < -0.39 is 23.8 Å². The Bertz CT molecular complexity index is 1050. The van der Waals surface area contributed by atoms with E-state index in [1.54, 1.807) is 30.3 Å². The molecule has 5 amide bonds. The van der Waals surface area contributed by atoms with Gasteiger partial charge in [0.2, 0.25) is 5.91 Å². The molecule has 0 spiro atoms. The van der Waals surface area contributed by atoms with E-state index in [0.717, 1.165) is 0 Å². The van der Waals surface area contributed by atoms with Crippen molar-refractivity contribution in [2.45, 2.75) is 19.4 Å². The van der Waals surface area contributed by atoms with Crippen LogP contribution in [0.3, 0.4) is 0 Å². The van der Waals surface area contributed by atoms with Crippen LogP contribution in [0.4, 0.5) is 31.0 Å². The predicted octanol–water partition coefficient (Wildman–Crippen LogP) is 3.89. The van der Waals surface area contributed by atoms with Gasteiger partial charge in [0.1, 0.15) is 11.9 Å². The number of hydrogen-bond donors (Lipinski definition) is 3.